The van der Waals surface area contributed by atoms with Crippen LogP contribution in [-0.2, 0) is 11.2 Å². The van der Waals surface area contributed by atoms with Crippen LogP contribution in [0.1, 0.15) is 27.5 Å². The van der Waals surface area contributed by atoms with Crippen LogP contribution in [0.15, 0.2) is 42.5 Å². The third-order valence-electron chi connectivity index (χ3n) is 3.39. The Morgan fingerprint density at radius 3 is 2.70 bits per heavy atom. The van der Waals surface area contributed by atoms with Crippen molar-refractivity contribution in [1.29, 1.82) is 0 Å². The first-order chi connectivity index (χ1) is 9.65. The van der Waals surface area contributed by atoms with Crippen molar-refractivity contribution in [2.24, 2.45) is 0 Å². The molecular formula is C15H12N2O3. The molecule has 0 saturated carbocycles. The van der Waals surface area contributed by atoms with Crippen LogP contribution in [-0.4, -0.2) is 22.0 Å². The highest BCUT2D eigenvalue weighted by Gasteiger charge is 2.31. The van der Waals surface area contributed by atoms with E-state index in [2.05, 4.69) is 10.3 Å². The van der Waals surface area contributed by atoms with E-state index in [0.717, 1.165) is 5.56 Å². The van der Waals surface area contributed by atoms with Gasteiger partial charge in [-0.2, -0.15) is 0 Å². The van der Waals surface area contributed by atoms with Crippen LogP contribution < -0.4 is 5.32 Å². The number of hydrogen-bond acceptors (Lipinski definition) is 3. The summed E-state index contributed by atoms with van der Waals surface area (Å²) in [5, 5.41) is 11.5. The number of nitrogens with one attached hydrogen (secondary N) is 1. The highest BCUT2D eigenvalue weighted by Crippen LogP contribution is 2.35. The summed E-state index contributed by atoms with van der Waals surface area (Å²) in [4.78, 5) is 26.8. The molecule has 1 aliphatic carbocycles. The zero-order valence-corrected chi connectivity index (χ0v) is 10.5. The Bertz CT molecular complexity index is 697. The number of carboxylic acids is 1. The predicted octanol–water partition coefficient (Wildman–Crippen LogP) is 2.06. The van der Waals surface area contributed by atoms with Gasteiger partial charge in [0.05, 0.1) is 5.92 Å². The zero-order valence-electron chi connectivity index (χ0n) is 10.5. The number of rotatable bonds is 3. The van der Waals surface area contributed by atoms with E-state index in [0.29, 0.717) is 6.42 Å². The van der Waals surface area contributed by atoms with Crippen molar-refractivity contribution >= 4 is 17.7 Å². The van der Waals surface area contributed by atoms with Gasteiger partial charge in [-0.05, 0) is 29.7 Å². The summed E-state index contributed by atoms with van der Waals surface area (Å²) < 4.78 is 0. The molecule has 1 aromatic carbocycles. The molecule has 1 unspecified atom stereocenters. The molecule has 1 aromatic heterocycles. The number of amides is 1. The number of benzene rings is 1. The van der Waals surface area contributed by atoms with Gasteiger partial charge < -0.3 is 10.4 Å². The first-order valence-corrected chi connectivity index (χ1v) is 6.24. The molecule has 1 atom stereocenters. The molecule has 0 spiro atoms. The lowest BCUT2D eigenvalue weighted by Gasteiger charge is -2.28. The van der Waals surface area contributed by atoms with Gasteiger partial charge >= 0.3 is 5.97 Å². The van der Waals surface area contributed by atoms with Gasteiger partial charge in [0, 0.05) is 0 Å². The van der Waals surface area contributed by atoms with Crippen LogP contribution in [0.2, 0.25) is 0 Å². The minimum atomic E-state index is -1.12. The molecule has 5 nitrogen and oxygen atoms in total. The number of nitrogens with zero attached hydrogens (tertiary/aromatic N) is 1. The van der Waals surface area contributed by atoms with Gasteiger partial charge in [0.1, 0.15) is 5.82 Å². The first kappa shape index (κ1) is 12.3. The van der Waals surface area contributed by atoms with Crippen LogP contribution in [0.3, 0.4) is 0 Å². The molecule has 2 aromatic rings. The SMILES string of the molecule is O=C(O)c1cccc(NC(=O)C2Cc3ccccc32)n1. The third kappa shape index (κ3) is 2.14. The monoisotopic (exact) mass is 268 g/mol. The second kappa shape index (κ2) is 4.77. The molecule has 20 heavy (non-hydrogen) atoms. The first-order valence-electron chi connectivity index (χ1n) is 6.24. The summed E-state index contributed by atoms with van der Waals surface area (Å²) >= 11 is 0. The van der Waals surface area contributed by atoms with E-state index >= 15 is 0 Å². The standard InChI is InChI=1S/C15H12N2O3/c18-14(11-8-9-4-1-2-5-10(9)11)17-13-7-3-6-12(16-13)15(19)20/h1-7,11H,8H2,(H,19,20)(H,16,17,18). The molecule has 0 aliphatic heterocycles. The average molecular weight is 268 g/mol. The average Bonchev–Trinajstić information content (AvgIpc) is 2.40. The quantitative estimate of drug-likeness (QED) is 0.893. The third-order valence-corrected chi connectivity index (χ3v) is 3.39. The van der Waals surface area contributed by atoms with Gasteiger partial charge in [0.25, 0.3) is 0 Å². The smallest absolute Gasteiger partial charge is 0.354 e. The number of carbonyl (C=O) groups is 2. The van der Waals surface area contributed by atoms with E-state index in [9.17, 15) is 9.59 Å². The fraction of sp³-hybridized carbons (Fsp3) is 0.133. The minimum Gasteiger partial charge on any atom is -0.477 e. The zero-order chi connectivity index (χ0) is 14.1. The summed E-state index contributed by atoms with van der Waals surface area (Å²) in [6, 6.07) is 12.3. The summed E-state index contributed by atoms with van der Waals surface area (Å²) in [6.07, 6.45) is 0.709. The van der Waals surface area contributed by atoms with E-state index < -0.39 is 5.97 Å². The van der Waals surface area contributed by atoms with Gasteiger partial charge in [-0.1, -0.05) is 30.3 Å². The summed E-state index contributed by atoms with van der Waals surface area (Å²) in [5.41, 5.74) is 2.12. The maximum absolute atomic E-state index is 12.1. The predicted molar refractivity (Wildman–Crippen MR) is 72.7 cm³/mol. The molecule has 100 valence electrons. The number of hydrogen-bond donors (Lipinski definition) is 2. The lowest BCUT2D eigenvalue weighted by molar-refractivity contribution is -0.118. The van der Waals surface area contributed by atoms with Crippen LogP contribution in [0.4, 0.5) is 5.82 Å². The Morgan fingerprint density at radius 2 is 1.95 bits per heavy atom. The van der Waals surface area contributed by atoms with Gasteiger partial charge in [0.2, 0.25) is 5.91 Å². The molecule has 1 aliphatic rings. The number of pyridine rings is 1. The maximum atomic E-state index is 12.1. The lowest BCUT2D eigenvalue weighted by Crippen LogP contribution is -2.30. The van der Waals surface area contributed by atoms with Gasteiger partial charge in [-0.15, -0.1) is 0 Å². The Morgan fingerprint density at radius 1 is 1.15 bits per heavy atom. The van der Waals surface area contributed by atoms with Crippen molar-refractivity contribution < 1.29 is 14.7 Å². The van der Waals surface area contributed by atoms with E-state index in [1.54, 1.807) is 12.1 Å². The van der Waals surface area contributed by atoms with Crippen LogP contribution in [0.5, 0.6) is 0 Å². The number of anilines is 1. The highest BCUT2D eigenvalue weighted by molar-refractivity contribution is 5.97. The summed E-state index contributed by atoms with van der Waals surface area (Å²) in [6.45, 7) is 0. The van der Waals surface area contributed by atoms with Gasteiger partial charge in [0.15, 0.2) is 5.69 Å². The number of aromatic carboxylic acids is 1. The van der Waals surface area contributed by atoms with Crippen molar-refractivity contribution in [3.8, 4) is 0 Å². The number of aromatic nitrogens is 1. The summed E-state index contributed by atoms with van der Waals surface area (Å²) in [5.74, 6) is -1.19. The van der Waals surface area contributed by atoms with E-state index in [1.165, 1.54) is 11.6 Å². The van der Waals surface area contributed by atoms with Crippen LogP contribution in [0.25, 0.3) is 0 Å². The Labute approximate surface area is 115 Å². The van der Waals surface area contributed by atoms with Crippen molar-refractivity contribution in [1.82, 2.24) is 4.98 Å². The Hall–Kier alpha value is -2.69. The lowest BCUT2D eigenvalue weighted by atomic mass is 9.77. The Kier molecular flexibility index (Phi) is 2.95. The largest absolute Gasteiger partial charge is 0.477 e. The molecule has 0 saturated heterocycles. The minimum absolute atomic E-state index is 0.0863. The van der Waals surface area contributed by atoms with Crippen LogP contribution in [0, 0.1) is 0 Å². The number of carboxylic acid groups (broad SMARTS) is 1. The van der Waals surface area contributed by atoms with Crippen molar-refractivity contribution in [3.05, 3.63) is 59.3 Å². The molecule has 0 fully saturated rings. The van der Waals surface area contributed by atoms with Crippen molar-refractivity contribution in [2.75, 3.05) is 5.32 Å². The summed E-state index contributed by atoms with van der Waals surface area (Å²) in [7, 11) is 0. The van der Waals surface area contributed by atoms with Crippen LogP contribution >= 0.6 is 0 Å². The van der Waals surface area contributed by atoms with Gasteiger partial charge in [-0.25, -0.2) is 9.78 Å². The molecule has 0 bridgehead atoms. The molecule has 5 heteroatoms. The maximum Gasteiger partial charge on any atom is 0.354 e. The molecule has 3 rings (SSSR count). The fourth-order valence-corrected chi connectivity index (χ4v) is 2.33. The normalized spacial score (nSPS) is 15.9. The topological polar surface area (TPSA) is 79.3 Å². The van der Waals surface area contributed by atoms with E-state index in [1.807, 2.05) is 24.3 Å². The second-order valence-electron chi connectivity index (χ2n) is 4.66. The Balaban J connectivity index is 1.75. The van der Waals surface area contributed by atoms with E-state index in [-0.39, 0.29) is 23.3 Å². The second-order valence-corrected chi connectivity index (χ2v) is 4.66. The fourth-order valence-electron chi connectivity index (χ4n) is 2.33. The molecule has 1 amide bonds. The molecule has 2 N–H and O–H groups in total. The highest BCUT2D eigenvalue weighted by atomic mass is 16.4. The molecule has 0 radical (unpaired) electrons. The van der Waals surface area contributed by atoms with Gasteiger partial charge in [-0.3, -0.25) is 4.79 Å². The van der Waals surface area contributed by atoms with Crippen molar-refractivity contribution in [2.45, 2.75) is 12.3 Å². The van der Waals surface area contributed by atoms with Crippen molar-refractivity contribution in [3.63, 3.8) is 0 Å². The van der Waals surface area contributed by atoms with E-state index in [4.69, 9.17) is 5.11 Å². The molecule has 1 heterocycles. The number of carbonyl (C=O) groups excluding carboxylic acids is 1. The molecular weight excluding hydrogens is 256 g/mol. The number of fused-ring (bicyclic) bond motifs is 1.